The Kier molecular flexibility index (Phi) is 9.36. The molecule has 1 N–H and O–H groups in total. The standard InChI is InChI=1S/C18H26N2O3/c1-3-4-5-6-7-8-9-17(21)20-19-14-15-10-12-16(13-11-15)18(22)23-2/h10-14H,3-9H2,1-2H3,(H,20,21). The fourth-order valence-electron chi connectivity index (χ4n) is 2.12. The van der Waals surface area contributed by atoms with Crippen molar-refractivity contribution in [2.75, 3.05) is 7.11 Å². The summed E-state index contributed by atoms with van der Waals surface area (Å²) in [5.74, 6) is -0.441. The van der Waals surface area contributed by atoms with Crippen molar-refractivity contribution in [1.29, 1.82) is 0 Å². The van der Waals surface area contributed by atoms with Gasteiger partial charge in [-0.05, 0) is 24.1 Å². The second-order valence-electron chi connectivity index (χ2n) is 5.42. The number of hydrogen-bond acceptors (Lipinski definition) is 4. The van der Waals surface area contributed by atoms with E-state index in [1.165, 1.54) is 32.8 Å². The van der Waals surface area contributed by atoms with E-state index in [0.29, 0.717) is 12.0 Å². The van der Waals surface area contributed by atoms with Crippen LogP contribution in [0.4, 0.5) is 0 Å². The number of hydrazone groups is 1. The van der Waals surface area contributed by atoms with Gasteiger partial charge in [-0.1, -0.05) is 51.2 Å². The number of methoxy groups -OCH3 is 1. The number of benzene rings is 1. The maximum atomic E-state index is 11.6. The van der Waals surface area contributed by atoms with Gasteiger partial charge in [0.2, 0.25) is 5.91 Å². The number of ether oxygens (including phenoxy) is 1. The molecule has 5 nitrogen and oxygen atoms in total. The monoisotopic (exact) mass is 318 g/mol. The third kappa shape index (κ3) is 8.14. The number of hydrogen-bond donors (Lipinski definition) is 1. The molecule has 0 atom stereocenters. The van der Waals surface area contributed by atoms with Gasteiger partial charge in [-0.3, -0.25) is 4.79 Å². The average Bonchev–Trinajstić information content (AvgIpc) is 2.58. The lowest BCUT2D eigenvalue weighted by molar-refractivity contribution is -0.121. The molecule has 1 amide bonds. The molecule has 0 saturated carbocycles. The Morgan fingerprint density at radius 3 is 2.39 bits per heavy atom. The van der Waals surface area contributed by atoms with E-state index in [9.17, 15) is 9.59 Å². The third-order valence-corrected chi connectivity index (χ3v) is 3.49. The molecule has 0 spiro atoms. The molecule has 0 fully saturated rings. The van der Waals surface area contributed by atoms with Crippen molar-refractivity contribution in [3.05, 3.63) is 35.4 Å². The van der Waals surface area contributed by atoms with Crippen LogP contribution in [0.2, 0.25) is 0 Å². The fraction of sp³-hybridized carbons (Fsp3) is 0.500. The third-order valence-electron chi connectivity index (χ3n) is 3.49. The Bertz CT molecular complexity index is 510. The van der Waals surface area contributed by atoms with Gasteiger partial charge in [0.25, 0.3) is 0 Å². The van der Waals surface area contributed by atoms with E-state index in [1.807, 2.05) is 0 Å². The van der Waals surface area contributed by atoms with Gasteiger partial charge < -0.3 is 4.74 Å². The maximum Gasteiger partial charge on any atom is 0.337 e. The largest absolute Gasteiger partial charge is 0.465 e. The van der Waals surface area contributed by atoms with Crippen molar-refractivity contribution in [2.45, 2.75) is 51.9 Å². The molecule has 5 heteroatoms. The summed E-state index contributed by atoms with van der Waals surface area (Å²) in [6.07, 6.45) is 8.99. The van der Waals surface area contributed by atoms with E-state index in [2.05, 4.69) is 22.2 Å². The molecule has 126 valence electrons. The number of carbonyl (C=O) groups is 2. The van der Waals surface area contributed by atoms with Crippen LogP contribution in [0.3, 0.4) is 0 Å². The normalized spacial score (nSPS) is 10.7. The fourth-order valence-corrected chi connectivity index (χ4v) is 2.12. The minimum Gasteiger partial charge on any atom is -0.465 e. The van der Waals surface area contributed by atoms with Gasteiger partial charge in [-0.15, -0.1) is 0 Å². The van der Waals surface area contributed by atoms with Crippen molar-refractivity contribution in [2.24, 2.45) is 5.10 Å². The molecule has 1 rings (SSSR count). The smallest absolute Gasteiger partial charge is 0.337 e. The van der Waals surface area contributed by atoms with Gasteiger partial charge in [0, 0.05) is 6.42 Å². The first-order valence-electron chi connectivity index (χ1n) is 8.17. The molecule has 0 aliphatic heterocycles. The number of amides is 1. The van der Waals surface area contributed by atoms with Crippen LogP contribution in [-0.4, -0.2) is 25.2 Å². The molecule has 0 unspecified atom stereocenters. The van der Waals surface area contributed by atoms with E-state index in [-0.39, 0.29) is 11.9 Å². The molecule has 1 aromatic rings. The van der Waals surface area contributed by atoms with Crippen molar-refractivity contribution >= 4 is 18.1 Å². The van der Waals surface area contributed by atoms with Gasteiger partial charge in [0.15, 0.2) is 0 Å². The minimum absolute atomic E-state index is 0.0667. The summed E-state index contributed by atoms with van der Waals surface area (Å²) in [7, 11) is 1.34. The Morgan fingerprint density at radius 2 is 1.74 bits per heavy atom. The van der Waals surface area contributed by atoms with Gasteiger partial charge >= 0.3 is 5.97 Å². The van der Waals surface area contributed by atoms with Crippen LogP contribution in [0.25, 0.3) is 0 Å². The number of nitrogens with zero attached hydrogens (tertiary/aromatic N) is 1. The lowest BCUT2D eigenvalue weighted by atomic mass is 10.1. The number of rotatable bonds is 10. The van der Waals surface area contributed by atoms with Crippen LogP contribution >= 0.6 is 0 Å². The minimum atomic E-state index is -0.374. The lowest BCUT2D eigenvalue weighted by Gasteiger charge is -2.01. The Morgan fingerprint density at radius 1 is 1.09 bits per heavy atom. The van der Waals surface area contributed by atoms with Crippen LogP contribution in [0.15, 0.2) is 29.4 Å². The highest BCUT2D eigenvalue weighted by atomic mass is 16.5. The Hall–Kier alpha value is -2.17. The second kappa shape index (κ2) is 11.4. The summed E-state index contributed by atoms with van der Waals surface area (Å²) < 4.78 is 4.63. The Balaban J connectivity index is 2.24. The first-order chi connectivity index (χ1) is 11.2. The van der Waals surface area contributed by atoms with Crippen molar-refractivity contribution < 1.29 is 14.3 Å². The summed E-state index contributed by atoms with van der Waals surface area (Å²) in [4.78, 5) is 22.9. The zero-order valence-electron chi connectivity index (χ0n) is 14.0. The van der Waals surface area contributed by atoms with Gasteiger partial charge in [0.1, 0.15) is 0 Å². The van der Waals surface area contributed by atoms with Gasteiger partial charge in [-0.2, -0.15) is 5.10 Å². The van der Waals surface area contributed by atoms with Crippen molar-refractivity contribution in [3.8, 4) is 0 Å². The highest BCUT2D eigenvalue weighted by Crippen LogP contribution is 2.07. The number of nitrogens with one attached hydrogen (secondary N) is 1. The molecule has 0 heterocycles. The van der Waals surface area contributed by atoms with Crippen LogP contribution in [0.5, 0.6) is 0 Å². The van der Waals surface area contributed by atoms with E-state index < -0.39 is 0 Å². The van der Waals surface area contributed by atoms with E-state index in [4.69, 9.17) is 0 Å². The van der Waals surface area contributed by atoms with E-state index in [0.717, 1.165) is 18.4 Å². The maximum absolute atomic E-state index is 11.6. The number of unbranched alkanes of at least 4 members (excludes halogenated alkanes) is 5. The molecule has 1 aromatic carbocycles. The summed E-state index contributed by atoms with van der Waals surface area (Å²) in [5.41, 5.74) is 3.81. The number of carbonyl (C=O) groups excluding carboxylic acids is 2. The SMILES string of the molecule is CCCCCCCCC(=O)NN=Cc1ccc(C(=O)OC)cc1. The average molecular weight is 318 g/mol. The lowest BCUT2D eigenvalue weighted by Crippen LogP contribution is -2.16. The van der Waals surface area contributed by atoms with Crippen LogP contribution in [-0.2, 0) is 9.53 Å². The molecular weight excluding hydrogens is 292 g/mol. The molecule has 23 heavy (non-hydrogen) atoms. The topological polar surface area (TPSA) is 67.8 Å². The van der Waals surface area contributed by atoms with E-state index in [1.54, 1.807) is 30.5 Å². The summed E-state index contributed by atoms with van der Waals surface area (Å²) in [5, 5.41) is 3.92. The zero-order valence-corrected chi connectivity index (χ0v) is 14.0. The molecule has 0 aliphatic rings. The first-order valence-corrected chi connectivity index (χ1v) is 8.17. The van der Waals surface area contributed by atoms with Crippen LogP contribution in [0, 0.1) is 0 Å². The molecule has 0 aliphatic carbocycles. The zero-order chi connectivity index (χ0) is 16.9. The number of esters is 1. The van der Waals surface area contributed by atoms with E-state index >= 15 is 0 Å². The highest BCUT2D eigenvalue weighted by Gasteiger charge is 2.03. The predicted molar refractivity (Wildman–Crippen MR) is 91.5 cm³/mol. The summed E-state index contributed by atoms with van der Waals surface area (Å²) in [6, 6.07) is 6.81. The molecular formula is C18H26N2O3. The molecule has 0 radical (unpaired) electrons. The molecule has 0 saturated heterocycles. The van der Waals surface area contributed by atoms with Gasteiger partial charge in [-0.25, -0.2) is 10.2 Å². The summed E-state index contributed by atoms with van der Waals surface area (Å²) >= 11 is 0. The van der Waals surface area contributed by atoms with Crippen molar-refractivity contribution in [1.82, 2.24) is 5.43 Å². The predicted octanol–water partition coefficient (Wildman–Crippen LogP) is 3.67. The second-order valence-corrected chi connectivity index (χ2v) is 5.42. The van der Waals surface area contributed by atoms with Crippen LogP contribution < -0.4 is 5.43 Å². The summed E-state index contributed by atoms with van der Waals surface area (Å²) in [6.45, 7) is 2.19. The highest BCUT2D eigenvalue weighted by molar-refractivity contribution is 5.90. The molecule has 0 bridgehead atoms. The van der Waals surface area contributed by atoms with Crippen molar-refractivity contribution in [3.63, 3.8) is 0 Å². The quantitative estimate of drug-likeness (QED) is 0.310. The first kappa shape index (κ1) is 18.9. The molecule has 0 aromatic heterocycles. The van der Waals surface area contributed by atoms with Gasteiger partial charge in [0.05, 0.1) is 18.9 Å². The van der Waals surface area contributed by atoms with Crippen LogP contribution in [0.1, 0.15) is 67.8 Å². The Labute approximate surface area is 138 Å².